The highest BCUT2D eigenvalue weighted by Gasteiger charge is 2.36. The van der Waals surface area contributed by atoms with E-state index in [1.807, 2.05) is 6.07 Å². The molecule has 1 aliphatic rings. The van der Waals surface area contributed by atoms with Gasteiger partial charge in [0.2, 0.25) is 0 Å². The van der Waals surface area contributed by atoms with Gasteiger partial charge in [-0.25, -0.2) is 4.39 Å². The summed E-state index contributed by atoms with van der Waals surface area (Å²) >= 11 is 0. The molecule has 20 heavy (non-hydrogen) atoms. The van der Waals surface area contributed by atoms with Crippen molar-refractivity contribution in [2.24, 2.45) is 5.73 Å². The largest absolute Gasteiger partial charge is 0.365 e. The van der Waals surface area contributed by atoms with E-state index in [-0.39, 0.29) is 11.4 Å². The Balaban J connectivity index is 2.31. The van der Waals surface area contributed by atoms with Crippen molar-refractivity contribution in [2.75, 3.05) is 38.1 Å². The molecule has 0 aliphatic carbocycles. The second-order valence-corrected chi connectivity index (χ2v) is 5.81. The highest BCUT2D eigenvalue weighted by Crippen LogP contribution is 2.32. The van der Waals surface area contributed by atoms with Crippen molar-refractivity contribution >= 4 is 5.69 Å². The molecule has 0 aromatic heterocycles. The monoisotopic (exact) mass is 279 g/mol. The normalized spacial score (nSPS) is 24.4. The van der Waals surface area contributed by atoms with Gasteiger partial charge < -0.3 is 15.5 Å². The van der Waals surface area contributed by atoms with Crippen LogP contribution in [-0.2, 0) is 0 Å². The molecule has 1 saturated heterocycles. The number of benzene rings is 1. The molecule has 1 atom stereocenters. The quantitative estimate of drug-likeness (QED) is 0.919. The van der Waals surface area contributed by atoms with Gasteiger partial charge >= 0.3 is 0 Å². The summed E-state index contributed by atoms with van der Waals surface area (Å²) in [5, 5.41) is 0. The molecule has 0 radical (unpaired) electrons. The molecule has 1 aliphatic heterocycles. The van der Waals surface area contributed by atoms with Crippen molar-refractivity contribution in [3.05, 3.63) is 30.1 Å². The lowest BCUT2D eigenvalue weighted by atomic mass is 9.87. The predicted octanol–water partition coefficient (Wildman–Crippen LogP) is 2.47. The van der Waals surface area contributed by atoms with Gasteiger partial charge in [-0.3, -0.25) is 0 Å². The van der Waals surface area contributed by atoms with Crippen molar-refractivity contribution in [2.45, 2.75) is 31.7 Å². The van der Waals surface area contributed by atoms with E-state index in [1.54, 1.807) is 12.1 Å². The van der Waals surface area contributed by atoms with E-state index in [0.717, 1.165) is 44.6 Å². The molecule has 0 amide bonds. The average molecular weight is 279 g/mol. The van der Waals surface area contributed by atoms with Gasteiger partial charge in [-0.05, 0) is 58.0 Å². The van der Waals surface area contributed by atoms with Crippen LogP contribution >= 0.6 is 0 Å². The molecule has 1 aromatic carbocycles. The van der Waals surface area contributed by atoms with Crippen molar-refractivity contribution < 1.29 is 4.39 Å². The second kappa shape index (κ2) is 6.55. The van der Waals surface area contributed by atoms with Crippen molar-refractivity contribution in [3.63, 3.8) is 0 Å². The van der Waals surface area contributed by atoms with Crippen LogP contribution < -0.4 is 10.6 Å². The molecule has 3 nitrogen and oxygen atoms in total. The van der Waals surface area contributed by atoms with Gasteiger partial charge in [0, 0.05) is 25.3 Å². The Morgan fingerprint density at radius 3 is 2.80 bits per heavy atom. The van der Waals surface area contributed by atoms with Gasteiger partial charge in [-0.2, -0.15) is 0 Å². The first-order chi connectivity index (χ1) is 9.61. The highest BCUT2D eigenvalue weighted by atomic mass is 19.1. The van der Waals surface area contributed by atoms with Crippen LogP contribution in [0.2, 0.25) is 0 Å². The van der Waals surface area contributed by atoms with Crippen molar-refractivity contribution in [1.29, 1.82) is 0 Å². The standard InChI is InChI=1S/C16H26FN3/c1-3-20(15-7-4-6-14(17)12-15)16(13-18)8-5-10-19(2)11-9-16/h4,6-7,12H,3,5,8-11,13,18H2,1-2H3. The van der Waals surface area contributed by atoms with Crippen LogP contribution in [0.3, 0.4) is 0 Å². The Bertz CT molecular complexity index is 437. The number of nitrogens with zero attached hydrogens (tertiary/aromatic N) is 2. The van der Waals surface area contributed by atoms with Gasteiger partial charge in [0.05, 0.1) is 5.54 Å². The Morgan fingerprint density at radius 1 is 1.35 bits per heavy atom. The smallest absolute Gasteiger partial charge is 0.125 e. The number of hydrogen-bond acceptors (Lipinski definition) is 3. The Morgan fingerprint density at radius 2 is 2.15 bits per heavy atom. The van der Waals surface area contributed by atoms with Crippen LogP contribution in [0.1, 0.15) is 26.2 Å². The summed E-state index contributed by atoms with van der Waals surface area (Å²) < 4.78 is 13.5. The van der Waals surface area contributed by atoms with Crippen LogP contribution in [0.15, 0.2) is 24.3 Å². The molecule has 0 bridgehead atoms. The maximum absolute atomic E-state index is 13.5. The molecule has 112 valence electrons. The van der Waals surface area contributed by atoms with Crippen LogP contribution in [0.5, 0.6) is 0 Å². The number of anilines is 1. The zero-order valence-electron chi connectivity index (χ0n) is 12.6. The molecule has 2 N–H and O–H groups in total. The molecule has 1 heterocycles. The second-order valence-electron chi connectivity index (χ2n) is 5.81. The third-order valence-electron chi connectivity index (χ3n) is 4.53. The lowest BCUT2D eigenvalue weighted by Crippen LogP contribution is -2.54. The first kappa shape index (κ1) is 15.3. The predicted molar refractivity (Wildman–Crippen MR) is 82.6 cm³/mol. The summed E-state index contributed by atoms with van der Waals surface area (Å²) in [7, 11) is 2.16. The number of rotatable bonds is 4. The number of likely N-dealkylation sites (N-methyl/N-ethyl adjacent to an activating group) is 1. The van der Waals surface area contributed by atoms with Gasteiger partial charge in [-0.1, -0.05) is 6.07 Å². The van der Waals surface area contributed by atoms with Crippen LogP contribution in [0.4, 0.5) is 10.1 Å². The number of halogens is 1. The highest BCUT2D eigenvalue weighted by molar-refractivity contribution is 5.49. The van der Waals surface area contributed by atoms with Crippen molar-refractivity contribution in [1.82, 2.24) is 4.90 Å². The van der Waals surface area contributed by atoms with E-state index in [0.29, 0.717) is 6.54 Å². The molecule has 2 rings (SSSR count). The molecular weight excluding hydrogens is 253 g/mol. The number of hydrogen-bond donors (Lipinski definition) is 1. The van der Waals surface area contributed by atoms with Crippen LogP contribution in [0.25, 0.3) is 0 Å². The fraction of sp³-hybridized carbons (Fsp3) is 0.625. The minimum atomic E-state index is -0.182. The molecule has 1 fully saturated rings. The number of likely N-dealkylation sites (tertiary alicyclic amines) is 1. The minimum Gasteiger partial charge on any atom is -0.365 e. The van der Waals surface area contributed by atoms with E-state index in [1.165, 1.54) is 6.07 Å². The maximum atomic E-state index is 13.5. The summed E-state index contributed by atoms with van der Waals surface area (Å²) in [5.41, 5.74) is 7.05. The fourth-order valence-corrected chi connectivity index (χ4v) is 3.33. The SMILES string of the molecule is CCN(c1cccc(F)c1)C1(CN)CCCN(C)CC1. The fourth-order valence-electron chi connectivity index (χ4n) is 3.33. The first-order valence-corrected chi connectivity index (χ1v) is 7.53. The first-order valence-electron chi connectivity index (χ1n) is 7.53. The summed E-state index contributed by atoms with van der Waals surface area (Å²) in [6.45, 7) is 5.75. The molecule has 4 heteroatoms. The molecule has 0 spiro atoms. The summed E-state index contributed by atoms with van der Waals surface area (Å²) in [6, 6.07) is 6.88. The molecular formula is C16H26FN3. The lowest BCUT2D eigenvalue weighted by molar-refractivity contribution is 0.319. The molecule has 1 unspecified atom stereocenters. The van der Waals surface area contributed by atoms with Crippen LogP contribution in [0, 0.1) is 5.82 Å². The third-order valence-corrected chi connectivity index (χ3v) is 4.53. The number of nitrogens with two attached hydrogens (primary N) is 1. The average Bonchev–Trinajstić information content (AvgIpc) is 2.63. The third kappa shape index (κ3) is 3.13. The van der Waals surface area contributed by atoms with Gasteiger partial charge in [0.1, 0.15) is 5.82 Å². The van der Waals surface area contributed by atoms with E-state index in [4.69, 9.17) is 5.73 Å². The van der Waals surface area contributed by atoms with Crippen LogP contribution in [-0.4, -0.2) is 43.7 Å². The summed E-state index contributed by atoms with van der Waals surface area (Å²) in [6.07, 6.45) is 3.24. The maximum Gasteiger partial charge on any atom is 0.125 e. The molecule has 0 saturated carbocycles. The Kier molecular flexibility index (Phi) is 5.00. The topological polar surface area (TPSA) is 32.5 Å². The van der Waals surface area contributed by atoms with E-state index in [2.05, 4.69) is 23.8 Å². The summed E-state index contributed by atoms with van der Waals surface area (Å²) in [5.74, 6) is -0.182. The van der Waals surface area contributed by atoms with Crippen molar-refractivity contribution in [3.8, 4) is 0 Å². The van der Waals surface area contributed by atoms with Gasteiger partial charge in [0.25, 0.3) is 0 Å². The van der Waals surface area contributed by atoms with E-state index < -0.39 is 0 Å². The molecule has 1 aromatic rings. The zero-order valence-corrected chi connectivity index (χ0v) is 12.6. The van der Waals surface area contributed by atoms with Gasteiger partial charge in [0.15, 0.2) is 0 Å². The Labute approximate surface area is 121 Å². The minimum absolute atomic E-state index is 0.0483. The van der Waals surface area contributed by atoms with E-state index >= 15 is 0 Å². The zero-order chi connectivity index (χ0) is 14.6. The Hall–Kier alpha value is -1.13. The summed E-state index contributed by atoms with van der Waals surface area (Å²) in [4.78, 5) is 4.66. The van der Waals surface area contributed by atoms with E-state index in [9.17, 15) is 4.39 Å². The lowest BCUT2D eigenvalue weighted by Gasteiger charge is -2.44. The van der Waals surface area contributed by atoms with Gasteiger partial charge in [-0.15, -0.1) is 0 Å².